The standard InChI is InChI=1S/C23H23N9/c1-4-19-26-20-14(2)25-23(24-3)27-22(20)32(19)13-15-9-11-16(12-10-15)17-7-5-6-8-18(17)21-28-30-31-29-21/h5-12H,4,13H2,1-3H3,(H,24,25,27)(H,28,29,30,31). The molecule has 0 bridgehead atoms. The Morgan fingerprint density at radius 1 is 0.969 bits per heavy atom. The van der Waals surface area contributed by atoms with E-state index in [4.69, 9.17) is 4.98 Å². The van der Waals surface area contributed by atoms with Gasteiger partial charge < -0.3 is 9.88 Å². The molecule has 5 aromatic rings. The smallest absolute Gasteiger partial charge is 0.224 e. The predicted octanol–water partition coefficient (Wildman–Crippen LogP) is 3.63. The second-order valence-corrected chi connectivity index (χ2v) is 7.50. The Morgan fingerprint density at radius 2 is 1.75 bits per heavy atom. The third-order valence-electron chi connectivity index (χ3n) is 5.51. The van der Waals surface area contributed by atoms with E-state index in [1.807, 2.05) is 32.2 Å². The van der Waals surface area contributed by atoms with Crippen molar-refractivity contribution < 1.29 is 0 Å². The predicted molar refractivity (Wildman–Crippen MR) is 123 cm³/mol. The van der Waals surface area contributed by atoms with Gasteiger partial charge in [0.25, 0.3) is 0 Å². The van der Waals surface area contributed by atoms with Gasteiger partial charge in [-0.2, -0.15) is 10.2 Å². The lowest BCUT2D eigenvalue weighted by atomic mass is 9.98. The summed E-state index contributed by atoms with van der Waals surface area (Å²) in [6.07, 6.45) is 0.820. The van der Waals surface area contributed by atoms with Crippen LogP contribution < -0.4 is 5.32 Å². The fourth-order valence-corrected chi connectivity index (χ4v) is 3.91. The van der Waals surface area contributed by atoms with Crippen LogP contribution in [-0.2, 0) is 13.0 Å². The minimum atomic E-state index is 0.581. The molecule has 9 heteroatoms. The first-order valence-electron chi connectivity index (χ1n) is 10.5. The maximum atomic E-state index is 4.79. The molecule has 0 saturated carbocycles. The first-order valence-corrected chi connectivity index (χ1v) is 10.5. The molecule has 0 atom stereocenters. The molecular weight excluding hydrogens is 402 g/mol. The first-order chi connectivity index (χ1) is 15.7. The average Bonchev–Trinajstić information content (AvgIpc) is 3.48. The van der Waals surface area contributed by atoms with Crippen molar-refractivity contribution in [2.24, 2.45) is 0 Å². The molecule has 0 saturated heterocycles. The normalized spacial score (nSPS) is 11.2. The van der Waals surface area contributed by atoms with E-state index >= 15 is 0 Å². The lowest BCUT2D eigenvalue weighted by Gasteiger charge is -2.11. The van der Waals surface area contributed by atoms with E-state index in [2.05, 4.69) is 77.7 Å². The Balaban J connectivity index is 1.51. The Morgan fingerprint density at radius 3 is 2.44 bits per heavy atom. The summed E-state index contributed by atoms with van der Waals surface area (Å²) >= 11 is 0. The number of aromatic nitrogens is 8. The van der Waals surface area contributed by atoms with Crippen LogP contribution in [0.2, 0.25) is 0 Å². The zero-order valence-electron chi connectivity index (χ0n) is 18.2. The van der Waals surface area contributed by atoms with Gasteiger partial charge in [-0.1, -0.05) is 55.5 Å². The van der Waals surface area contributed by atoms with Gasteiger partial charge in [-0.3, -0.25) is 0 Å². The highest BCUT2D eigenvalue weighted by Gasteiger charge is 2.16. The van der Waals surface area contributed by atoms with Crippen molar-refractivity contribution in [3.63, 3.8) is 0 Å². The number of aryl methyl sites for hydroxylation is 2. The monoisotopic (exact) mass is 425 g/mol. The number of anilines is 1. The van der Waals surface area contributed by atoms with E-state index in [0.29, 0.717) is 18.3 Å². The molecule has 5 rings (SSSR count). The molecule has 0 aliphatic rings. The highest BCUT2D eigenvalue weighted by atomic mass is 15.5. The molecule has 3 aromatic heterocycles. The SMILES string of the molecule is CCc1nc2c(C)nc(NC)nc2n1Cc1ccc(-c2ccccc2-c2nn[nH]n2)cc1. The summed E-state index contributed by atoms with van der Waals surface area (Å²) in [4.78, 5) is 14.0. The van der Waals surface area contributed by atoms with E-state index in [-0.39, 0.29) is 0 Å². The molecule has 2 N–H and O–H groups in total. The minimum Gasteiger partial charge on any atom is -0.357 e. The molecule has 160 valence electrons. The summed E-state index contributed by atoms with van der Waals surface area (Å²) in [7, 11) is 1.83. The zero-order valence-corrected chi connectivity index (χ0v) is 18.2. The van der Waals surface area contributed by atoms with Gasteiger partial charge in [-0.25, -0.2) is 9.97 Å². The van der Waals surface area contributed by atoms with Crippen LogP contribution in [0.15, 0.2) is 48.5 Å². The maximum absolute atomic E-state index is 4.79. The van der Waals surface area contributed by atoms with E-state index in [9.17, 15) is 0 Å². The molecule has 32 heavy (non-hydrogen) atoms. The van der Waals surface area contributed by atoms with E-state index < -0.39 is 0 Å². The number of H-pyrrole nitrogens is 1. The van der Waals surface area contributed by atoms with Crippen LogP contribution in [0.25, 0.3) is 33.7 Å². The Bertz CT molecular complexity index is 1370. The van der Waals surface area contributed by atoms with Crippen LogP contribution in [0.1, 0.15) is 24.0 Å². The lowest BCUT2D eigenvalue weighted by Crippen LogP contribution is -2.06. The van der Waals surface area contributed by atoms with Gasteiger partial charge in [0.2, 0.25) is 11.8 Å². The fourth-order valence-electron chi connectivity index (χ4n) is 3.91. The number of hydrogen-bond donors (Lipinski definition) is 2. The third kappa shape index (κ3) is 3.47. The molecule has 0 unspecified atom stereocenters. The fraction of sp³-hybridized carbons (Fsp3) is 0.217. The van der Waals surface area contributed by atoms with Crippen molar-refractivity contribution in [1.82, 2.24) is 40.1 Å². The van der Waals surface area contributed by atoms with Crippen molar-refractivity contribution in [3.05, 3.63) is 65.6 Å². The van der Waals surface area contributed by atoms with Crippen molar-refractivity contribution >= 4 is 17.1 Å². The summed E-state index contributed by atoms with van der Waals surface area (Å²) < 4.78 is 2.17. The number of nitrogens with zero attached hydrogens (tertiary/aromatic N) is 7. The highest BCUT2D eigenvalue weighted by Crippen LogP contribution is 2.30. The molecular formula is C23H23N9. The topological polar surface area (TPSA) is 110 Å². The zero-order chi connectivity index (χ0) is 22.1. The second-order valence-electron chi connectivity index (χ2n) is 7.50. The van der Waals surface area contributed by atoms with Crippen molar-refractivity contribution in [3.8, 4) is 22.5 Å². The van der Waals surface area contributed by atoms with E-state index in [0.717, 1.165) is 45.8 Å². The molecule has 3 heterocycles. The maximum Gasteiger partial charge on any atom is 0.224 e. The van der Waals surface area contributed by atoms with Crippen LogP contribution >= 0.6 is 0 Å². The largest absolute Gasteiger partial charge is 0.357 e. The minimum absolute atomic E-state index is 0.581. The van der Waals surface area contributed by atoms with Crippen molar-refractivity contribution in [2.75, 3.05) is 12.4 Å². The summed E-state index contributed by atoms with van der Waals surface area (Å²) in [5.41, 5.74) is 6.84. The van der Waals surface area contributed by atoms with Gasteiger partial charge in [0.1, 0.15) is 11.3 Å². The number of hydrogen-bond acceptors (Lipinski definition) is 7. The molecule has 0 aliphatic heterocycles. The Labute approximate surface area is 185 Å². The molecule has 9 nitrogen and oxygen atoms in total. The Hall–Kier alpha value is -4.14. The summed E-state index contributed by atoms with van der Waals surface area (Å²) in [6.45, 7) is 4.76. The number of tetrazole rings is 1. The molecule has 2 aromatic carbocycles. The van der Waals surface area contributed by atoms with Crippen LogP contribution in [-0.4, -0.2) is 47.2 Å². The van der Waals surface area contributed by atoms with Gasteiger partial charge in [0, 0.05) is 19.0 Å². The van der Waals surface area contributed by atoms with E-state index in [1.54, 1.807) is 0 Å². The summed E-state index contributed by atoms with van der Waals surface area (Å²) in [5, 5.41) is 17.5. The molecule has 0 amide bonds. The van der Waals surface area contributed by atoms with Gasteiger partial charge >= 0.3 is 0 Å². The summed E-state index contributed by atoms with van der Waals surface area (Å²) in [5.74, 6) is 2.18. The number of fused-ring (bicyclic) bond motifs is 1. The van der Waals surface area contributed by atoms with E-state index in [1.165, 1.54) is 5.56 Å². The quantitative estimate of drug-likeness (QED) is 0.427. The first kappa shape index (κ1) is 19.8. The lowest BCUT2D eigenvalue weighted by molar-refractivity contribution is 0.746. The number of rotatable bonds is 6. The van der Waals surface area contributed by atoms with Gasteiger partial charge in [0.05, 0.1) is 12.2 Å². The van der Waals surface area contributed by atoms with Gasteiger partial charge in [0.15, 0.2) is 5.65 Å². The molecule has 0 fully saturated rings. The molecule has 0 aliphatic carbocycles. The molecule has 0 spiro atoms. The number of benzene rings is 2. The van der Waals surface area contributed by atoms with Crippen molar-refractivity contribution in [1.29, 1.82) is 0 Å². The van der Waals surface area contributed by atoms with Crippen LogP contribution in [0.5, 0.6) is 0 Å². The molecule has 0 radical (unpaired) electrons. The highest BCUT2D eigenvalue weighted by molar-refractivity contribution is 5.80. The number of imidazole rings is 1. The third-order valence-corrected chi connectivity index (χ3v) is 5.51. The number of nitrogens with one attached hydrogen (secondary N) is 2. The van der Waals surface area contributed by atoms with Crippen LogP contribution in [0.3, 0.4) is 0 Å². The Kier molecular flexibility index (Phi) is 5.06. The van der Waals surface area contributed by atoms with Crippen LogP contribution in [0, 0.1) is 6.92 Å². The van der Waals surface area contributed by atoms with Crippen molar-refractivity contribution in [2.45, 2.75) is 26.8 Å². The van der Waals surface area contributed by atoms with Gasteiger partial charge in [-0.05, 0) is 28.8 Å². The summed E-state index contributed by atoms with van der Waals surface area (Å²) in [6, 6.07) is 16.6. The number of aromatic amines is 1. The average molecular weight is 426 g/mol. The van der Waals surface area contributed by atoms with Crippen LogP contribution in [0.4, 0.5) is 5.95 Å². The van der Waals surface area contributed by atoms with Gasteiger partial charge in [-0.15, -0.1) is 10.2 Å². The second kappa shape index (κ2) is 8.18.